The van der Waals surface area contributed by atoms with E-state index in [2.05, 4.69) is 5.32 Å². The predicted octanol–water partition coefficient (Wildman–Crippen LogP) is 2.36. The van der Waals surface area contributed by atoms with Gasteiger partial charge in [0.25, 0.3) is 0 Å². The van der Waals surface area contributed by atoms with Crippen molar-refractivity contribution >= 4 is 17.6 Å². The van der Waals surface area contributed by atoms with Gasteiger partial charge in [0.2, 0.25) is 0 Å². The Morgan fingerprint density at radius 1 is 1.21 bits per heavy atom. The van der Waals surface area contributed by atoms with Crippen molar-refractivity contribution in [1.82, 2.24) is 5.32 Å². The molecular weight excluding hydrogens is 266 g/mol. The largest absolute Gasteiger partial charge is 0.480 e. The number of aliphatic hydroxyl groups is 1. The topological polar surface area (TPSA) is 69.6 Å². The molecule has 4 nitrogen and oxygen atoms in total. The van der Waals surface area contributed by atoms with Gasteiger partial charge in [-0.1, -0.05) is 23.7 Å². The zero-order valence-electron chi connectivity index (χ0n) is 10.6. The number of carbonyl (C=O) groups is 1. The normalized spacial score (nSPS) is 24.9. The fourth-order valence-electron chi connectivity index (χ4n) is 2.44. The van der Waals surface area contributed by atoms with Crippen LogP contribution in [0.1, 0.15) is 37.3 Å². The summed E-state index contributed by atoms with van der Waals surface area (Å²) in [5.74, 6) is -0.895. The number of hydrogen-bond acceptors (Lipinski definition) is 3. The molecule has 104 valence electrons. The van der Waals surface area contributed by atoms with Crippen LogP contribution in [0.25, 0.3) is 0 Å². The molecule has 2 rings (SSSR count). The molecule has 0 aliphatic heterocycles. The first-order valence-corrected chi connectivity index (χ1v) is 6.86. The van der Waals surface area contributed by atoms with Gasteiger partial charge in [-0.2, -0.15) is 0 Å². The van der Waals surface area contributed by atoms with Crippen molar-refractivity contribution in [2.24, 2.45) is 0 Å². The molecule has 0 radical (unpaired) electrons. The molecule has 1 aliphatic rings. The molecule has 1 fully saturated rings. The van der Waals surface area contributed by atoms with E-state index in [9.17, 15) is 15.0 Å². The van der Waals surface area contributed by atoms with Crippen LogP contribution in [-0.4, -0.2) is 28.3 Å². The van der Waals surface area contributed by atoms with Crippen LogP contribution < -0.4 is 5.32 Å². The molecule has 1 aliphatic carbocycles. The summed E-state index contributed by atoms with van der Waals surface area (Å²) in [6, 6.07) is 6.26. The highest BCUT2D eigenvalue weighted by Gasteiger charge is 2.26. The summed E-state index contributed by atoms with van der Waals surface area (Å²) in [4.78, 5) is 11.4. The third kappa shape index (κ3) is 3.93. The summed E-state index contributed by atoms with van der Waals surface area (Å²) in [5.41, 5.74) is 0.697. The van der Waals surface area contributed by atoms with Crippen molar-refractivity contribution in [1.29, 1.82) is 0 Å². The van der Waals surface area contributed by atoms with Gasteiger partial charge in [0.05, 0.1) is 6.10 Å². The van der Waals surface area contributed by atoms with E-state index >= 15 is 0 Å². The molecule has 1 atom stereocenters. The Hall–Kier alpha value is -1.10. The lowest BCUT2D eigenvalue weighted by molar-refractivity contribution is -0.140. The van der Waals surface area contributed by atoms with Gasteiger partial charge >= 0.3 is 5.97 Å². The molecule has 0 bridgehead atoms. The molecule has 1 saturated carbocycles. The summed E-state index contributed by atoms with van der Waals surface area (Å²) >= 11 is 5.81. The van der Waals surface area contributed by atoms with Gasteiger partial charge in [-0.15, -0.1) is 0 Å². The van der Waals surface area contributed by atoms with Gasteiger partial charge < -0.3 is 10.2 Å². The summed E-state index contributed by atoms with van der Waals surface area (Å²) < 4.78 is 0. The van der Waals surface area contributed by atoms with Crippen LogP contribution in [0.4, 0.5) is 0 Å². The summed E-state index contributed by atoms with van der Waals surface area (Å²) in [5, 5.41) is 22.5. The fraction of sp³-hybridized carbons (Fsp3) is 0.500. The second kappa shape index (κ2) is 6.37. The van der Waals surface area contributed by atoms with E-state index in [1.165, 1.54) is 0 Å². The number of hydrogen-bond donors (Lipinski definition) is 3. The van der Waals surface area contributed by atoms with Crippen LogP contribution in [0, 0.1) is 0 Å². The van der Waals surface area contributed by atoms with Crippen molar-refractivity contribution in [3.63, 3.8) is 0 Å². The molecule has 1 aromatic carbocycles. The molecule has 0 saturated heterocycles. The van der Waals surface area contributed by atoms with Gasteiger partial charge in [-0.3, -0.25) is 10.1 Å². The number of aliphatic hydroxyl groups excluding tert-OH is 1. The van der Waals surface area contributed by atoms with Crippen LogP contribution in [0.2, 0.25) is 5.02 Å². The van der Waals surface area contributed by atoms with Gasteiger partial charge in [-0.25, -0.2) is 0 Å². The molecule has 1 aromatic rings. The molecule has 0 heterocycles. The predicted molar refractivity (Wildman–Crippen MR) is 73.2 cm³/mol. The first-order valence-electron chi connectivity index (χ1n) is 6.48. The molecule has 5 heteroatoms. The highest BCUT2D eigenvalue weighted by Crippen LogP contribution is 2.23. The Bertz CT molecular complexity index is 427. The van der Waals surface area contributed by atoms with Crippen molar-refractivity contribution in [3.8, 4) is 0 Å². The third-order valence-corrected chi connectivity index (χ3v) is 3.80. The zero-order chi connectivity index (χ0) is 13.8. The van der Waals surface area contributed by atoms with Crippen molar-refractivity contribution < 1.29 is 15.0 Å². The molecule has 0 amide bonds. The number of halogens is 1. The fourth-order valence-corrected chi connectivity index (χ4v) is 2.57. The van der Waals surface area contributed by atoms with E-state index in [0.29, 0.717) is 10.6 Å². The smallest absolute Gasteiger partial charge is 0.325 e. The van der Waals surface area contributed by atoms with E-state index in [-0.39, 0.29) is 12.1 Å². The summed E-state index contributed by atoms with van der Waals surface area (Å²) in [7, 11) is 0. The van der Waals surface area contributed by atoms with Crippen LogP contribution in [-0.2, 0) is 4.79 Å². The number of aliphatic carboxylic acids is 1. The molecule has 0 spiro atoms. The van der Waals surface area contributed by atoms with E-state index in [1.807, 2.05) is 0 Å². The number of nitrogens with one attached hydrogen (secondary N) is 1. The van der Waals surface area contributed by atoms with Crippen molar-refractivity contribution in [3.05, 3.63) is 34.9 Å². The first kappa shape index (κ1) is 14.3. The Morgan fingerprint density at radius 2 is 1.79 bits per heavy atom. The van der Waals surface area contributed by atoms with Crippen molar-refractivity contribution in [2.75, 3.05) is 0 Å². The standard InChI is InChI=1S/C14H18ClNO3/c15-10-3-1-9(2-4-10)13(14(18)19)16-11-5-7-12(17)8-6-11/h1-4,11-13,16-17H,5-8H2,(H,18,19). The average Bonchev–Trinajstić information content (AvgIpc) is 2.39. The van der Waals surface area contributed by atoms with E-state index in [0.717, 1.165) is 25.7 Å². The molecule has 0 aromatic heterocycles. The van der Waals surface area contributed by atoms with Gasteiger partial charge in [0.15, 0.2) is 0 Å². The Morgan fingerprint density at radius 3 is 2.32 bits per heavy atom. The second-order valence-corrected chi connectivity index (χ2v) is 5.43. The monoisotopic (exact) mass is 283 g/mol. The quantitative estimate of drug-likeness (QED) is 0.793. The lowest BCUT2D eigenvalue weighted by atomic mass is 9.92. The number of benzene rings is 1. The molecule has 19 heavy (non-hydrogen) atoms. The maximum absolute atomic E-state index is 11.4. The molecule has 1 unspecified atom stereocenters. The third-order valence-electron chi connectivity index (χ3n) is 3.55. The lowest BCUT2D eigenvalue weighted by Crippen LogP contribution is -2.40. The van der Waals surface area contributed by atoms with Crippen LogP contribution in [0.3, 0.4) is 0 Å². The Balaban J connectivity index is 2.04. The average molecular weight is 284 g/mol. The SMILES string of the molecule is O=C(O)C(NC1CCC(O)CC1)c1ccc(Cl)cc1. The van der Waals surface area contributed by atoms with Crippen molar-refractivity contribution in [2.45, 2.75) is 43.9 Å². The summed E-state index contributed by atoms with van der Waals surface area (Å²) in [6.07, 6.45) is 2.82. The van der Waals surface area contributed by atoms with Crippen LogP contribution >= 0.6 is 11.6 Å². The van der Waals surface area contributed by atoms with E-state index in [4.69, 9.17) is 11.6 Å². The molecule has 3 N–H and O–H groups in total. The van der Waals surface area contributed by atoms with Crippen LogP contribution in [0.15, 0.2) is 24.3 Å². The van der Waals surface area contributed by atoms with E-state index < -0.39 is 12.0 Å². The minimum absolute atomic E-state index is 0.139. The second-order valence-electron chi connectivity index (χ2n) is 4.99. The number of rotatable bonds is 4. The number of carboxylic acids is 1. The van der Waals surface area contributed by atoms with Gasteiger partial charge in [0, 0.05) is 11.1 Å². The van der Waals surface area contributed by atoms with Gasteiger partial charge in [-0.05, 0) is 43.4 Å². The maximum atomic E-state index is 11.4. The minimum Gasteiger partial charge on any atom is -0.480 e. The summed E-state index contributed by atoms with van der Waals surface area (Å²) in [6.45, 7) is 0. The van der Waals surface area contributed by atoms with E-state index in [1.54, 1.807) is 24.3 Å². The highest BCUT2D eigenvalue weighted by atomic mass is 35.5. The minimum atomic E-state index is -0.895. The first-order chi connectivity index (χ1) is 9.06. The zero-order valence-corrected chi connectivity index (χ0v) is 11.3. The lowest BCUT2D eigenvalue weighted by Gasteiger charge is -2.29. The Kier molecular flexibility index (Phi) is 4.80. The Labute approximate surface area is 117 Å². The highest BCUT2D eigenvalue weighted by molar-refractivity contribution is 6.30. The van der Waals surface area contributed by atoms with Gasteiger partial charge in [0.1, 0.15) is 6.04 Å². The van der Waals surface area contributed by atoms with Crippen LogP contribution in [0.5, 0.6) is 0 Å². The number of carboxylic acid groups (broad SMARTS) is 1. The molecular formula is C14H18ClNO3. The maximum Gasteiger partial charge on any atom is 0.325 e.